The summed E-state index contributed by atoms with van der Waals surface area (Å²) in [5, 5.41) is 0.719. The first-order chi connectivity index (χ1) is 13.2. The third-order valence-electron chi connectivity index (χ3n) is 5.10. The van der Waals surface area contributed by atoms with Gasteiger partial charge in [0.05, 0.1) is 0 Å². The Morgan fingerprint density at radius 1 is 0.821 bits per heavy atom. The predicted molar refractivity (Wildman–Crippen MR) is 116 cm³/mol. The van der Waals surface area contributed by atoms with Gasteiger partial charge in [0.1, 0.15) is 0 Å². The summed E-state index contributed by atoms with van der Waals surface area (Å²) < 4.78 is 5.33. The third kappa shape index (κ3) is 3.52. The van der Waals surface area contributed by atoms with Gasteiger partial charge in [0.2, 0.25) is 0 Å². The number of allylic oxidation sites excluding steroid dienone is 1. The van der Waals surface area contributed by atoms with E-state index < -0.39 is 0 Å². The fourth-order valence-corrected chi connectivity index (χ4v) is 5.42. The van der Waals surface area contributed by atoms with Gasteiger partial charge in [-0.3, -0.25) is 0 Å². The van der Waals surface area contributed by atoms with Gasteiger partial charge in [-0.25, -0.2) is 0 Å². The molecule has 0 N–H and O–H groups in total. The van der Waals surface area contributed by atoms with E-state index >= 15 is 0 Å². The Bertz CT molecular complexity index is 1100. The molecule has 4 heteroatoms. The Labute approximate surface area is 183 Å². The SMILES string of the molecule is C=CCc1c(Cl)n(-c2c(C)cc(C)cc2C)[c](=[Pd])n1-c1c(C)cc(C)cc1C. The van der Waals surface area contributed by atoms with Crippen LogP contribution in [0.2, 0.25) is 5.15 Å². The topological polar surface area (TPSA) is 9.86 Å². The van der Waals surface area contributed by atoms with Gasteiger partial charge < -0.3 is 0 Å². The van der Waals surface area contributed by atoms with Crippen molar-refractivity contribution in [3.63, 3.8) is 0 Å². The molecule has 2 nitrogen and oxygen atoms in total. The number of hydrogen-bond donors (Lipinski definition) is 0. The molecule has 2 aromatic carbocycles. The second-order valence-electron chi connectivity index (χ2n) is 7.64. The molecule has 0 amide bonds. The molecule has 0 radical (unpaired) electrons. The molecule has 0 saturated heterocycles. The second-order valence-corrected chi connectivity index (χ2v) is 8.69. The molecule has 0 unspecified atom stereocenters. The fraction of sp³-hybridized carbons (Fsp3) is 0.292. The number of halogens is 1. The zero-order valence-corrected chi connectivity index (χ0v) is 19.7. The van der Waals surface area contributed by atoms with Crippen LogP contribution in [0, 0.1) is 45.4 Å². The van der Waals surface area contributed by atoms with Crippen molar-refractivity contribution in [3.05, 3.63) is 85.0 Å². The molecule has 0 bridgehead atoms. The number of imidazole rings is 1. The molecule has 28 heavy (non-hydrogen) atoms. The van der Waals surface area contributed by atoms with Crippen LogP contribution in [-0.2, 0) is 25.2 Å². The molecule has 0 aliphatic carbocycles. The van der Waals surface area contributed by atoms with E-state index in [1.165, 1.54) is 39.1 Å². The van der Waals surface area contributed by atoms with Gasteiger partial charge in [-0.05, 0) is 0 Å². The number of hydrogen-bond acceptors (Lipinski definition) is 0. The van der Waals surface area contributed by atoms with Crippen molar-refractivity contribution >= 4 is 11.6 Å². The first-order valence-corrected chi connectivity index (χ1v) is 10.6. The van der Waals surface area contributed by atoms with Crippen molar-refractivity contribution in [2.24, 2.45) is 0 Å². The van der Waals surface area contributed by atoms with E-state index in [0.717, 1.165) is 20.4 Å². The molecular weight excluding hydrogens is 458 g/mol. The minimum absolute atomic E-state index is 0.688. The molecule has 0 fully saturated rings. The summed E-state index contributed by atoms with van der Waals surface area (Å²) in [5.74, 6) is 0. The van der Waals surface area contributed by atoms with Crippen molar-refractivity contribution in [3.8, 4) is 11.4 Å². The van der Waals surface area contributed by atoms with E-state index in [1.54, 1.807) is 0 Å². The van der Waals surface area contributed by atoms with E-state index in [9.17, 15) is 0 Å². The zero-order chi connectivity index (χ0) is 20.7. The van der Waals surface area contributed by atoms with E-state index in [2.05, 4.69) is 100 Å². The molecule has 1 heterocycles. The molecule has 1 aromatic heterocycles. The van der Waals surface area contributed by atoms with Crippen LogP contribution in [0.5, 0.6) is 0 Å². The molecule has 150 valence electrons. The van der Waals surface area contributed by atoms with Crippen LogP contribution in [0.1, 0.15) is 39.1 Å². The summed E-state index contributed by atoms with van der Waals surface area (Å²) in [4.78, 5) is 0. The van der Waals surface area contributed by atoms with Crippen LogP contribution in [-0.4, -0.2) is 9.13 Å². The summed E-state index contributed by atoms with van der Waals surface area (Å²) in [6.07, 6.45) is 2.60. The maximum absolute atomic E-state index is 6.99. The van der Waals surface area contributed by atoms with Gasteiger partial charge in [0.25, 0.3) is 0 Å². The number of nitrogens with zero attached hydrogens (tertiary/aromatic N) is 2. The van der Waals surface area contributed by atoms with Crippen molar-refractivity contribution in [1.82, 2.24) is 9.13 Å². The van der Waals surface area contributed by atoms with Crippen molar-refractivity contribution in [2.45, 2.75) is 48.0 Å². The quantitative estimate of drug-likeness (QED) is 0.292. The average molecular weight is 485 g/mol. The normalized spacial score (nSPS) is 11.2. The Hall–Kier alpha value is -1.66. The zero-order valence-electron chi connectivity index (χ0n) is 17.4. The van der Waals surface area contributed by atoms with Crippen molar-refractivity contribution in [2.75, 3.05) is 0 Å². The molecule has 3 rings (SSSR count). The van der Waals surface area contributed by atoms with E-state index in [1.807, 2.05) is 6.08 Å². The number of benzene rings is 2. The molecular formula is C24H27ClN2Pd. The van der Waals surface area contributed by atoms with Crippen molar-refractivity contribution in [1.29, 1.82) is 0 Å². The van der Waals surface area contributed by atoms with Crippen LogP contribution in [0.4, 0.5) is 0 Å². The summed E-state index contributed by atoms with van der Waals surface area (Å²) in [6, 6.07) is 8.85. The second kappa shape index (κ2) is 7.99. The number of rotatable bonds is 4. The summed E-state index contributed by atoms with van der Waals surface area (Å²) in [5.41, 5.74) is 10.7. The molecule has 0 aliphatic heterocycles. The third-order valence-corrected chi connectivity index (χ3v) is 6.18. The van der Waals surface area contributed by atoms with Gasteiger partial charge in [0, 0.05) is 0 Å². The Balaban J connectivity index is 2.45. The van der Waals surface area contributed by atoms with E-state index in [4.69, 9.17) is 11.6 Å². The molecule has 3 aromatic rings. The van der Waals surface area contributed by atoms with Crippen LogP contribution < -0.4 is 0 Å². The van der Waals surface area contributed by atoms with Gasteiger partial charge in [-0.1, -0.05) is 0 Å². The van der Waals surface area contributed by atoms with E-state index in [-0.39, 0.29) is 0 Å². The molecule has 0 saturated carbocycles. The molecule has 0 spiro atoms. The Morgan fingerprint density at radius 3 is 1.61 bits per heavy atom. The average Bonchev–Trinajstić information content (AvgIpc) is 2.79. The van der Waals surface area contributed by atoms with Crippen LogP contribution >= 0.6 is 11.6 Å². The summed E-state index contributed by atoms with van der Waals surface area (Å²) >= 11 is 10.5. The Kier molecular flexibility index (Phi) is 6.01. The number of aromatic nitrogens is 2. The van der Waals surface area contributed by atoms with Gasteiger partial charge in [-0.2, -0.15) is 0 Å². The van der Waals surface area contributed by atoms with Gasteiger partial charge in [-0.15, -0.1) is 0 Å². The minimum atomic E-state index is 0.688. The summed E-state index contributed by atoms with van der Waals surface area (Å²) in [6.45, 7) is 16.8. The number of aryl methyl sites for hydroxylation is 6. The molecule has 0 aliphatic rings. The predicted octanol–water partition coefficient (Wildman–Crippen LogP) is 6.58. The van der Waals surface area contributed by atoms with Crippen LogP contribution in [0.25, 0.3) is 11.4 Å². The van der Waals surface area contributed by atoms with E-state index in [0.29, 0.717) is 6.42 Å². The van der Waals surface area contributed by atoms with Crippen LogP contribution in [0.3, 0.4) is 0 Å². The maximum atomic E-state index is 6.99. The fourth-order valence-electron chi connectivity index (χ4n) is 4.27. The van der Waals surface area contributed by atoms with Gasteiger partial charge >= 0.3 is 184 Å². The van der Waals surface area contributed by atoms with Crippen molar-refractivity contribution < 1.29 is 18.7 Å². The molecule has 0 atom stereocenters. The van der Waals surface area contributed by atoms with Crippen LogP contribution in [0.15, 0.2) is 36.9 Å². The van der Waals surface area contributed by atoms with Gasteiger partial charge in [0.15, 0.2) is 0 Å². The Morgan fingerprint density at radius 2 is 1.21 bits per heavy atom. The first-order valence-electron chi connectivity index (χ1n) is 9.42. The summed E-state index contributed by atoms with van der Waals surface area (Å²) in [7, 11) is 0. The standard InChI is InChI=1S/C24H27ClN2.Pd/c1-8-9-21-24(25)27(23-19(6)12-16(3)13-20(23)7)14-26(21)22-17(4)10-15(2)11-18(22)5;/h8,10-13H,1,9H2,2-7H3;. The first kappa shape index (κ1) is 21.1. The monoisotopic (exact) mass is 484 g/mol.